The SMILES string of the molecule is Cc1ccc(N(CC(=O)N2CCC(C(=O)N3CCCC(C)C3)CC2)Cc2ccco2)cc1. The molecule has 1 aromatic carbocycles. The molecule has 172 valence electrons. The number of rotatable bonds is 6. The Kier molecular flexibility index (Phi) is 7.18. The molecule has 0 saturated carbocycles. The van der Waals surface area contributed by atoms with Crippen molar-refractivity contribution in [3.05, 3.63) is 54.0 Å². The molecule has 3 heterocycles. The maximum absolute atomic E-state index is 13.2. The summed E-state index contributed by atoms with van der Waals surface area (Å²) in [6.45, 7) is 8.21. The van der Waals surface area contributed by atoms with E-state index < -0.39 is 0 Å². The highest BCUT2D eigenvalue weighted by atomic mass is 16.3. The highest BCUT2D eigenvalue weighted by molar-refractivity contribution is 5.83. The molecule has 2 fully saturated rings. The Bertz CT molecular complexity index is 886. The van der Waals surface area contributed by atoms with Gasteiger partial charge in [-0.25, -0.2) is 0 Å². The first-order chi connectivity index (χ1) is 15.5. The monoisotopic (exact) mass is 437 g/mol. The van der Waals surface area contributed by atoms with Crippen molar-refractivity contribution in [3.8, 4) is 0 Å². The van der Waals surface area contributed by atoms with Gasteiger partial charge in [-0.2, -0.15) is 0 Å². The molecule has 2 amide bonds. The van der Waals surface area contributed by atoms with E-state index in [2.05, 4.69) is 47.9 Å². The van der Waals surface area contributed by atoms with Crippen molar-refractivity contribution in [1.29, 1.82) is 0 Å². The molecule has 1 aromatic heterocycles. The van der Waals surface area contributed by atoms with Gasteiger partial charge in [0.2, 0.25) is 11.8 Å². The fraction of sp³-hybridized carbons (Fsp3) is 0.538. The van der Waals surface area contributed by atoms with Crippen LogP contribution in [0.3, 0.4) is 0 Å². The Hall–Kier alpha value is -2.76. The smallest absolute Gasteiger partial charge is 0.242 e. The van der Waals surface area contributed by atoms with Gasteiger partial charge in [0.25, 0.3) is 0 Å². The van der Waals surface area contributed by atoms with Gasteiger partial charge in [0.15, 0.2) is 0 Å². The molecule has 0 aliphatic carbocycles. The minimum Gasteiger partial charge on any atom is -0.467 e. The molecule has 4 rings (SSSR count). The van der Waals surface area contributed by atoms with Crippen LogP contribution in [-0.4, -0.2) is 54.3 Å². The molecule has 0 bridgehead atoms. The normalized spacial score (nSPS) is 19.8. The maximum Gasteiger partial charge on any atom is 0.242 e. The minimum atomic E-state index is 0.0562. The van der Waals surface area contributed by atoms with Crippen LogP contribution in [0.4, 0.5) is 5.69 Å². The summed E-state index contributed by atoms with van der Waals surface area (Å²) < 4.78 is 5.53. The Morgan fingerprint density at radius 1 is 1.03 bits per heavy atom. The zero-order valence-corrected chi connectivity index (χ0v) is 19.3. The first kappa shape index (κ1) is 22.4. The Labute approximate surface area is 191 Å². The average molecular weight is 438 g/mol. The molecule has 2 saturated heterocycles. The molecule has 32 heavy (non-hydrogen) atoms. The number of nitrogens with zero attached hydrogens (tertiary/aromatic N) is 3. The van der Waals surface area contributed by atoms with Crippen LogP contribution in [-0.2, 0) is 16.1 Å². The first-order valence-electron chi connectivity index (χ1n) is 11.9. The van der Waals surface area contributed by atoms with Gasteiger partial charge in [0.05, 0.1) is 19.4 Å². The molecule has 2 aromatic rings. The second kappa shape index (κ2) is 10.2. The summed E-state index contributed by atoms with van der Waals surface area (Å²) in [5, 5.41) is 0. The van der Waals surface area contributed by atoms with E-state index in [0.29, 0.717) is 38.0 Å². The van der Waals surface area contributed by atoms with Crippen molar-refractivity contribution >= 4 is 17.5 Å². The lowest BCUT2D eigenvalue weighted by Gasteiger charge is -2.37. The highest BCUT2D eigenvalue weighted by Gasteiger charge is 2.32. The Morgan fingerprint density at radius 3 is 2.44 bits per heavy atom. The third kappa shape index (κ3) is 5.53. The van der Waals surface area contributed by atoms with E-state index in [1.165, 1.54) is 12.0 Å². The molecule has 0 radical (unpaired) electrons. The summed E-state index contributed by atoms with van der Waals surface area (Å²) in [5.41, 5.74) is 2.19. The van der Waals surface area contributed by atoms with Gasteiger partial charge in [0, 0.05) is 37.8 Å². The third-order valence-electron chi connectivity index (χ3n) is 6.82. The summed E-state index contributed by atoms with van der Waals surface area (Å²) in [4.78, 5) is 32.1. The molecule has 2 aliphatic heterocycles. The number of hydrogen-bond acceptors (Lipinski definition) is 4. The topological polar surface area (TPSA) is 57.0 Å². The quantitative estimate of drug-likeness (QED) is 0.683. The largest absolute Gasteiger partial charge is 0.467 e. The lowest BCUT2D eigenvalue weighted by molar-refractivity contribution is -0.141. The lowest BCUT2D eigenvalue weighted by atomic mass is 9.92. The average Bonchev–Trinajstić information content (AvgIpc) is 3.32. The van der Waals surface area contributed by atoms with Crippen molar-refractivity contribution in [2.24, 2.45) is 11.8 Å². The number of carbonyl (C=O) groups is 2. The standard InChI is InChI=1S/C26H35N3O3/c1-20-7-9-23(10-8-20)29(18-24-6-4-16-32-24)19-25(30)27-14-11-22(12-15-27)26(31)28-13-3-5-21(2)17-28/h4,6-10,16,21-22H,3,5,11-15,17-19H2,1-2H3. The fourth-order valence-corrected chi connectivity index (χ4v) is 4.87. The van der Waals surface area contributed by atoms with Crippen molar-refractivity contribution in [2.45, 2.75) is 46.1 Å². The van der Waals surface area contributed by atoms with Crippen LogP contribution in [0.1, 0.15) is 43.9 Å². The molecule has 1 unspecified atom stereocenters. The lowest BCUT2D eigenvalue weighted by Crippen LogP contribution is -2.48. The fourth-order valence-electron chi connectivity index (χ4n) is 4.87. The van der Waals surface area contributed by atoms with E-state index in [0.717, 1.165) is 43.8 Å². The molecular formula is C26H35N3O3. The predicted molar refractivity (Wildman–Crippen MR) is 125 cm³/mol. The third-order valence-corrected chi connectivity index (χ3v) is 6.82. The summed E-state index contributed by atoms with van der Waals surface area (Å²) in [7, 11) is 0. The molecule has 6 heteroatoms. The van der Waals surface area contributed by atoms with Crippen LogP contribution in [0.2, 0.25) is 0 Å². The molecule has 6 nitrogen and oxygen atoms in total. The van der Waals surface area contributed by atoms with Crippen LogP contribution in [0.5, 0.6) is 0 Å². The Morgan fingerprint density at radius 2 is 1.78 bits per heavy atom. The van der Waals surface area contributed by atoms with Crippen molar-refractivity contribution < 1.29 is 14.0 Å². The predicted octanol–water partition coefficient (Wildman–Crippen LogP) is 4.09. The van der Waals surface area contributed by atoms with Gasteiger partial charge in [-0.05, 0) is 62.8 Å². The van der Waals surface area contributed by atoms with E-state index in [1.807, 2.05) is 17.0 Å². The van der Waals surface area contributed by atoms with Crippen LogP contribution >= 0.6 is 0 Å². The number of amides is 2. The van der Waals surface area contributed by atoms with Crippen LogP contribution in [0, 0.1) is 18.8 Å². The summed E-state index contributed by atoms with van der Waals surface area (Å²) >= 11 is 0. The number of piperidine rings is 2. The van der Waals surface area contributed by atoms with E-state index in [9.17, 15) is 9.59 Å². The van der Waals surface area contributed by atoms with Crippen molar-refractivity contribution in [1.82, 2.24) is 9.80 Å². The number of benzene rings is 1. The van der Waals surface area contributed by atoms with Gasteiger partial charge in [-0.1, -0.05) is 24.6 Å². The van der Waals surface area contributed by atoms with Crippen LogP contribution in [0.15, 0.2) is 47.1 Å². The summed E-state index contributed by atoms with van der Waals surface area (Å²) in [5.74, 6) is 1.88. The van der Waals surface area contributed by atoms with Gasteiger partial charge >= 0.3 is 0 Å². The van der Waals surface area contributed by atoms with Crippen LogP contribution < -0.4 is 4.90 Å². The number of aryl methyl sites for hydroxylation is 1. The number of hydrogen-bond donors (Lipinski definition) is 0. The number of likely N-dealkylation sites (tertiary alicyclic amines) is 2. The highest BCUT2D eigenvalue weighted by Crippen LogP contribution is 2.24. The van der Waals surface area contributed by atoms with Crippen molar-refractivity contribution in [3.63, 3.8) is 0 Å². The second-order valence-electron chi connectivity index (χ2n) is 9.46. The van der Waals surface area contributed by atoms with E-state index in [4.69, 9.17) is 4.42 Å². The molecule has 2 aliphatic rings. The van der Waals surface area contributed by atoms with E-state index in [-0.39, 0.29) is 11.8 Å². The van der Waals surface area contributed by atoms with Crippen LogP contribution in [0.25, 0.3) is 0 Å². The van der Waals surface area contributed by atoms with Gasteiger partial charge in [0.1, 0.15) is 5.76 Å². The molecule has 0 spiro atoms. The molecule has 0 N–H and O–H groups in total. The van der Waals surface area contributed by atoms with Gasteiger partial charge in [-0.15, -0.1) is 0 Å². The zero-order valence-electron chi connectivity index (χ0n) is 19.3. The second-order valence-corrected chi connectivity index (χ2v) is 9.46. The number of furan rings is 1. The minimum absolute atomic E-state index is 0.0562. The van der Waals surface area contributed by atoms with Gasteiger partial charge < -0.3 is 19.1 Å². The van der Waals surface area contributed by atoms with E-state index >= 15 is 0 Å². The Balaban J connectivity index is 1.34. The maximum atomic E-state index is 13.2. The van der Waals surface area contributed by atoms with Crippen molar-refractivity contribution in [2.75, 3.05) is 37.6 Å². The summed E-state index contributed by atoms with van der Waals surface area (Å²) in [6.07, 6.45) is 5.51. The van der Waals surface area contributed by atoms with Gasteiger partial charge in [-0.3, -0.25) is 9.59 Å². The molecule has 1 atom stereocenters. The molecular weight excluding hydrogens is 402 g/mol. The number of anilines is 1. The van der Waals surface area contributed by atoms with E-state index in [1.54, 1.807) is 6.26 Å². The number of carbonyl (C=O) groups excluding carboxylic acids is 2. The summed E-state index contributed by atoms with van der Waals surface area (Å²) in [6, 6.07) is 12.0. The first-order valence-corrected chi connectivity index (χ1v) is 11.9. The zero-order chi connectivity index (χ0) is 22.5.